The van der Waals surface area contributed by atoms with Gasteiger partial charge in [0.25, 0.3) is 0 Å². The van der Waals surface area contributed by atoms with Crippen molar-refractivity contribution in [3.8, 4) is 0 Å². The molecule has 4 heteroatoms. The third kappa shape index (κ3) is 2.47. The van der Waals surface area contributed by atoms with Crippen molar-refractivity contribution in [1.29, 1.82) is 0 Å². The average molecular weight is 325 g/mol. The Hall–Kier alpha value is -1.72. The highest BCUT2D eigenvalue weighted by Gasteiger charge is 2.56. The van der Waals surface area contributed by atoms with Gasteiger partial charge in [-0.2, -0.15) is 0 Å². The number of benzene rings is 2. The van der Waals surface area contributed by atoms with Gasteiger partial charge in [0.1, 0.15) is 12.5 Å². The Kier molecular flexibility index (Phi) is 3.93. The molecule has 2 aromatic rings. The summed E-state index contributed by atoms with van der Waals surface area (Å²) in [5.41, 5.74) is 4.14. The number of nitrogens with zero attached hydrogens (tertiary/aromatic N) is 1. The van der Waals surface area contributed by atoms with Gasteiger partial charge in [0, 0.05) is 0 Å². The number of hydrogen-bond donors (Lipinski definition) is 1. The van der Waals surface area contributed by atoms with Gasteiger partial charge < -0.3 is 14.6 Å². The van der Waals surface area contributed by atoms with Crippen LogP contribution in [0.4, 0.5) is 0 Å². The second-order valence-electron chi connectivity index (χ2n) is 6.94. The number of fused-ring (bicyclic) bond motifs is 1. The lowest BCUT2D eigenvalue weighted by atomic mass is 10.0. The van der Waals surface area contributed by atoms with Gasteiger partial charge in [-0.3, -0.25) is 0 Å². The molecule has 2 aliphatic rings. The molecule has 0 amide bonds. The van der Waals surface area contributed by atoms with Gasteiger partial charge in [-0.05, 0) is 25.0 Å². The SMILES string of the molecule is Cc1cccc([C@H]2OCC3(CO)CO[C@@H](c4cccc(C)c4)N23)c1. The van der Waals surface area contributed by atoms with Crippen molar-refractivity contribution in [1.82, 2.24) is 4.90 Å². The van der Waals surface area contributed by atoms with E-state index in [9.17, 15) is 5.11 Å². The Bertz CT molecular complexity index is 688. The van der Waals surface area contributed by atoms with E-state index in [2.05, 4.69) is 55.1 Å². The lowest BCUT2D eigenvalue weighted by Crippen LogP contribution is -2.47. The fourth-order valence-electron chi connectivity index (χ4n) is 3.77. The van der Waals surface area contributed by atoms with E-state index >= 15 is 0 Å². The Morgan fingerprint density at radius 3 is 1.88 bits per heavy atom. The lowest BCUT2D eigenvalue weighted by Gasteiger charge is -2.33. The van der Waals surface area contributed by atoms with Gasteiger partial charge in [0.05, 0.1) is 25.4 Å². The minimum absolute atomic E-state index is 0.0254. The molecule has 2 heterocycles. The summed E-state index contributed by atoms with van der Waals surface area (Å²) in [5.74, 6) is 0. The van der Waals surface area contributed by atoms with E-state index in [1.165, 1.54) is 11.1 Å². The molecule has 4 nitrogen and oxygen atoms in total. The summed E-state index contributed by atoms with van der Waals surface area (Å²) in [6.45, 7) is 5.14. The van der Waals surface area contributed by atoms with Gasteiger partial charge in [-0.15, -0.1) is 0 Å². The monoisotopic (exact) mass is 325 g/mol. The molecule has 0 spiro atoms. The molecule has 24 heavy (non-hydrogen) atoms. The highest BCUT2D eigenvalue weighted by Crippen LogP contribution is 2.48. The third-order valence-electron chi connectivity index (χ3n) is 5.02. The average Bonchev–Trinajstić information content (AvgIpc) is 3.12. The van der Waals surface area contributed by atoms with Gasteiger partial charge in [0.2, 0.25) is 0 Å². The zero-order valence-corrected chi connectivity index (χ0v) is 14.1. The first-order valence-electron chi connectivity index (χ1n) is 8.39. The second-order valence-corrected chi connectivity index (χ2v) is 6.94. The van der Waals surface area contributed by atoms with E-state index < -0.39 is 5.54 Å². The van der Waals surface area contributed by atoms with Crippen LogP contribution in [0.2, 0.25) is 0 Å². The number of rotatable bonds is 3. The van der Waals surface area contributed by atoms with Crippen molar-refractivity contribution < 1.29 is 14.6 Å². The molecule has 1 N–H and O–H groups in total. The van der Waals surface area contributed by atoms with Crippen molar-refractivity contribution in [3.05, 3.63) is 70.8 Å². The lowest BCUT2D eigenvalue weighted by molar-refractivity contribution is -0.0630. The molecule has 2 fully saturated rings. The van der Waals surface area contributed by atoms with Crippen LogP contribution >= 0.6 is 0 Å². The van der Waals surface area contributed by atoms with Crippen LogP contribution in [0.3, 0.4) is 0 Å². The van der Waals surface area contributed by atoms with Gasteiger partial charge in [-0.25, -0.2) is 4.90 Å². The molecule has 126 valence electrons. The molecule has 3 atom stereocenters. The van der Waals surface area contributed by atoms with Crippen LogP contribution < -0.4 is 0 Å². The Balaban J connectivity index is 1.75. The maximum Gasteiger partial charge on any atom is 0.139 e. The van der Waals surface area contributed by atoms with Crippen LogP contribution in [0.15, 0.2) is 48.5 Å². The fourth-order valence-corrected chi connectivity index (χ4v) is 3.77. The summed E-state index contributed by atoms with van der Waals surface area (Å²) in [5, 5.41) is 10.1. The number of aliphatic hydroxyl groups is 1. The predicted octanol–water partition coefficient (Wildman–Crippen LogP) is 3.09. The predicted molar refractivity (Wildman–Crippen MR) is 91.4 cm³/mol. The first-order chi connectivity index (χ1) is 11.6. The van der Waals surface area contributed by atoms with E-state index in [-0.39, 0.29) is 19.1 Å². The molecule has 0 bridgehead atoms. The molecule has 1 unspecified atom stereocenters. The van der Waals surface area contributed by atoms with Crippen molar-refractivity contribution >= 4 is 0 Å². The zero-order chi connectivity index (χ0) is 16.7. The first kappa shape index (κ1) is 15.8. The highest BCUT2D eigenvalue weighted by atomic mass is 16.6. The van der Waals surface area contributed by atoms with E-state index in [0.717, 1.165) is 11.1 Å². The minimum Gasteiger partial charge on any atom is -0.394 e. The zero-order valence-electron chi connectivity index (χ0n) is 14.1. The van der Waals surface area contributed by atoms with Gasteiger partial charge in [0.15, 0.2) is 0 Å². The number of aliphatic hydroxyl groups excluding tert-OH is 1. The summed E-state index contributed by atoms with van der Waals surface area (Å²) >= 11 is 0. The quantitative estimate of drug-likeness (QED) is 0.942. The maximum absolute atomic E-state index is 10.1. The third-order valence-corrected chi connectivity index (χ3v) is 5.02. The van der Waals surface area contributed by atoms with E-state index in [1.54, 1.807) is 0 Å². The van der Waals surface area contributed by atoms with Crippen molar-refractivity contribution in [3.63, 3.8) is 0 Å². The van der Waals surface area contributed by atoms with E-state index in [0.29, 0.717) is 13.2 Å². The molecule has 0 aliphatic carbocycles. The summed E-state index contributed by atoms with van der Waals surface area (Å²) in [6.07, 6.45) is -0.407. The van der Waals surface area contributed by atoms with Gasteiger partial charge in [-0.1, -0.05) is 59.7 Å². The van der Waals surface area contributed by atoms with Crippen LogP contribution in [0, 0.1) is 13.8 Å². The molecule has 4 rings (SSSR count). The Morgan fingerprint density at radius 1 is 0.958 bits per heavy atom. The van der Waals surface area contributed by atoms with Gasteiger partial charge >= 0.3 is 0 Å². The largest absolute Gasteiger partial charge is 0.394 e. The normalized spacial score (nSPS) is 29.8. The molecule has 2 aromatic carbocycles. The summed E-state index contributed by atoms with van der Waals surface area (Å²) < 4.78 is 12.2. The highest BCUT2D eigenvalue weighted by molar-refractivity contribution is 5.29. The summed E-state index contributed by atoms with van der Waals surface area (Å²) in [7, 11) is 0. The molecule has 2 saturated heterocycles. The molecular formula is C20H23NO3. The first-order valence-corrected chi connectivity index (χ1v) is 8.39. The van der Waals surface area contributed by atoms with E-state index in [1.807, 2.05) is 12.1 Å². The maximum atomic E-state index is 10.1. The Labute approximate surface area is 142 Å². The molecule has 2 aliphatic heterocycles. The van der Waals surface area contributed by atoms with Crippen LogP contribution in [-0.4, -0.2) is 35.4 Å². The second kappa shape index (κ2) is 5.97. The van der Waals surface area contributed by atoms with Crippen LogP contribution in [-0.2, 0) is 9.47 Å². The standard InChI is InChI=1S/C20H23NO3/c1-14-5-3-7-16(9-14)18-21-19(17-8-4-6-15(2)10-17)24-13-20(21,11-22)12-23-18/h3-10,18-19,22H,11-13H2,1-2H3/t18-,19+,20?. The van der Waals surface area contributed by atoms with Crippen LogP contribution in [0.25, 0.3) is 0 Å². The number of hydrogen-bond acceptors (Lipinski definition) is 4. The van der Waals surface area contributed by atoms with Crippen molar-refractivity contribution in [2.45, 2.75) is 31.8 Å². The number of aryl methyl sites for hydroxylation is 2. The molecule has 0 aromatic heterocycles. The van der Waals surface area contributed by atoms with Crippen LogP contribution in [0.5, 0.6) is 0 Å². The van der Waals surface area contributed by atoms with E-state index in [4.69, 9.17) is 9.47 Å². The molecule has 0 saturated carbocycles. The minimum atomic E-state index is -0.469. The van der Waals surface area contributed by atoms with Crippen molar-refractivity contribution in [2.75, 3.05) is 19.8 Å². The fraction of sp³-hybridized carbons (Fsp3) is 0.400. The molecular weight excluding hydrogens is 302 g/mol. The topological polar surface area (TPSA) is 41.9 Å². The van der Waals surface area contributed by atoms with Crippen LogP contribution in [0.1, 0.15) is 34.7 Å². The Morgan fingerprint density at radius 2 is 1.46 bits per heavy atom. The number of ether oxygens (including phenoxy) is 2. The van der Waals surface area contributed by atoms with Crippen molar-refractivity contribution in [2.24, 2.45) is 0 Å². The smallest absolute Gasteiger partial charge is 0.139 e. The summed E-state index contributed by atoms with van der Waals surface area (Å²) in [6, 6.07) is 16.7. The molecule has 0 radical (unpaired) electrons. The summed E-state index contributed by atoms with van der Waals surface area (Å²) in [4.78, 5) is 2.20.